The van der Waals surface area contributed by atoms with E-state index in [1.807, 2.05) is 79.0 Å². The van der Waals surface area contributed by atoms with Crippen LogP contribution in [0.2, 0.25) is 0 Å². The zero-order chi connectivity index (χ0) is 18.4. The van der Waals surface area contributed by atoms with E-state index in [2.05, 4.69) is 16.5 Å². The Hall–Kier alpha value is -3.27. The third-order valence-electron chi connectivity index (χ3n) is 4.25. The third kappa shape index (κ3) is 3.86. The van der Waals surface area contributed by atoms with Gasteiger partial charge in [0.2, 0.25) is 0 Å². The van der Waals surface area contributed by atoms with Gasteiger partial charge in [-0.05, 0) is 42.0 Å². The lowest BCUT2D eigenvalue weighted by molar-refractivity contribution is 0.0942. The van der Waals surface area contributed by atoms with Gasteiger partial charge in [0.05, 0.1) is 13.2 Å². The van der Waals surface area contributed by atoms with Crippen molar-refractivity contribution in [2.45, 2.75) is 12.6 Å². The van der Waals surface area contributed by atoms with Crippen molar-refractivity contribution >= 4 is 5.91 Å². The molecule has 4 nitrogen and oxygen atoms in total. The van der Waals surface area contributed by atoms with Crippen LogP contribution < -0.4 is 10.1 Å². The van der Waals surface area contributed by atoms with Gasteiger partial charge in [0.1, 0.15) is 5.75 Å². The molecule has 2 aromatic carbocycles. The van der Waals surface area contributed by atoms with Crippen molar-refractivity contribution < 1.29 is 9.53 Å². The van der Waals surface area contributed by atoms with E-state index in [9.17, 15) is 4.79 Å². The van der Waals surface area contributed by atoms with Gasteiger partial charge in [0, 0.05) is 24.0 Å². The lowest BCUT2D eigenvalue weighted by atomic mass is 10.0. The molecule has 1 unspecified atom stereocenters. The summed E-state index contributed by atoms with van der Waals surface area (Å²) in [4.78, 5) is 12.8. The highest BCUT2D eigenvalue weighted by atomic mass is 16.5. The highest BCUT2D eigenvalue weighted by Gasteiger charge is 2.20. The Morgan fingerprint density at radius 1 is 1.12 bits per heavy atom. The molecule has 0 fully saturated rings. The van der Waals surface area contributed by atoms with Gasteiger partial charge in [-0.1, -0.05) is 36.4 Å². The molecule has 1 aromatic heterocycles. The Morgan fingerprint density at radius 2 is 1.85 bits per heavy atom. The van der Waals surface area contributed by atoms with Gasteiger partial charge in [-0.15, -0.1) is 6.58 Å². The fourth-order valence-electron chi connectivity index (χ4n) is 2.92. The average molecular weight is 346 g/mol. The summed E-state index contributed by atoms with van der Waals surface area (Å²) in [5.74, 6) is 0.668. The summed E-state index contributed by atoms with van der Waals surface area (Å²) >= 11 is 0. The lowest BCUT2D eigenvalue weighted by Gasteiger charge is -2.22. The first-order valence-corrected chi connectivity index (χ1v) is 8.48. The normalized spacial score (nSPS) is 11.6. The number of hydrogen-bond donors (Lipinski definition) is 1. The van der Waals surface area contributed by atoms with Gasteiger partial charge in [-0.25, -0.2) is 0 Å². The maximum atomic E-state index is 12.8. The van der Waals surface area contributed by atoms with Crippen LogP contribution in [0.3, 0.4) is 0 Å². The Balaban J connectivity index is 1.96. The molecule has 0 aliphatic carbocycles. The second-order valence-electron chi connectivity index (χ2n) is 5.92. The summed E-state index contributed by atoms with van der Waals surface area (Å²) in [6.07, 6.45) is 3.83. The summed E-state index contributed by atoms with van der Waals surface area (Å²) in [5.41, 5.74) is 2.62. The predicted molar refractivity (Wildman–Crippen MR) is 103 cm³/mol. The van der Waals surface area contributed by atoms with Gasteiger partial charge >= 0.3 is 0 Å². The molecule has 3 aromatic rings. The molecule has 0 spiro atoms. The highest BCUT2D eigenvalue weighted by Crippen LogP contribution is 2.25. The van der Waals surface area contributed by atoms with Crippen LogP contribution in [-0.2, 0) is 6.54 Å². The minimum Gasteiger partial charge on any atom is -0.497 e. The standard InChI is InChI=1S/C22H22N2O2/c1-3-15-24-16-7-10-20(24)21(17-11-13-19(26-2)14-12-17)23-22(25)18-8-5-4-6-9-18/h3-14,16,21H,1,15H2,2H3,(H,23,25). The van der Waals surface area contributed by atoms with Gasteiger partial charge in [-0.2, -0.15) is 0 Å². The van der Waals surface area contributed by atoms with Crippen LogP contribution in [0, 0.1) is 0 Å². The molecule has 26 heavy (non-hydrogen) atoms. The van der Waals surface area contributed by atoms with E-state index in [0.29, 0.717) is 12.1 Å². The Labute approximate surface area is 153 Å². The highest BCUT2D eigenvalue weighted by molar-refractivity contribution is 5.94. The fourth-order valence-corrected chi connectivity index (χ4v) is 2.92. The van der Waals surface area contributed by atoms with E-state index in [0.717, 1.165) is 17.0 Å². The van der Waals surface area contributed by atoms with Crippen LogP contribution in [-0.4, -0.2) is 17.6 Å². The Morgan fingerprint density at radius 3 is 2.50 bits per heavy atom. The number of carbonyl (C=O) groups excluding carboxylic acids is 1. The zero-order valence-corrected chi connectivity index (χ0v) is 14.8. The molecule has 0 saturated carbocycles. The second kappa shape index (κ2) is 8.21. The van der Waals surface area contributed by atoms with E-state index in [4.69, 9.17) is 4.74 Å². The summed E-state index contributed by atoms with van der Waals surface area (Å²) in [5, 5.41) is 3.15. The number of carbonyl (C=O) groups is 1. The third-order valence-corrected chi connectivity index (χ3v) is 4.25. The van der Waals surface area contributed by atoms with Crippen LogP contribution in [0.1, 0.15) is 27.7 Å². The van der Waals surface area contributed by atoms with Gasteiger partial charge in [-0.3, -0.25) is 4.79 Å². The second-order valence-corrected chi connectivity index (χ2v) is 5.92. The smallest absolute Gasteiger partial charge is 0.252 e. The van der Waals surface area contributed by atoms with Crippen LogP contribution in [0.15, 0.2) is 85.6 Å². The van der Waals surface area contributed by atoms with E-state index >= 15 is 0 Å². The Kier molecular flexibility index (Phi) is 5.54. The quantitative estimate of drug-likeness (QED) is 0.652. The largest absolute Gasteiger partial charge is 0.497 e. The molecule has 0 aliphatic rings. The monoisotopic (exact) mass is 346 g/mol. The van der Waals surface area contributed by atoms with E-state index in [1.165, 1.54) is 0 Å². The predicted octanol–water partition coefficient (Wildman–Crippen LogP) is 4.20. The molecule has 4 heteroatoms. The van der Waals surface area contributed by atoms with Crippen molar-refractivity contribution in [1.29, 1.82) is 0 Å². The zero-order valence-electron chi connectivity index (χ0n) is 14.8. The van der Waals surface area contributed by atoms with Crippen LogP contribution >= 0.6 is 0 Å². The van der Waals surface area contributed by atoms with Crippen LogP contribution in [0.25, 0.3) is 0 Å². The van der Waals surface area contributed by atoms with Crippen LogP contribution in [0.5, 0.6) is 5.75 Å². The molecule has 0 aliphatic heterocycles. The first kappa shape index (κ1) is 17.5. The van der Waals surface area contributed by atoms with Crippen molar-refractivity contribution in [2.24, 2.45) is 0 Å². The van der Waals surface area contributed by atoms with Gasteiger partial charge in [0.25, 0.3) is 5.91 Å². The van der Waals surface area contributed by atoms with E-state index in [-0.39, 0.29) is 11.9 Å². The van der Waals surface area contributed by atoms with Crippen molar-refractivity contribution in [3.05, 3.63) is 102 Å². The summed E-state index contributed by atoms with van der Waals surface area (Å²) in [7, 11) is 1.64. The summed E-state index contributed by atoms with van der Waals surface area (Å²) in [6, 6.07) is 20.7. The molecule has 1 atom stereocenters. The minimum absolute atomic E-state index is 0.113. The first-order valence-electron chi connectivity index (χ1n) is 8.48. The average Bonchev–Trinajstić information content (AvgIpc) is 3.15. The number of benzene rings is 2. The molecular formula is C22H22N2O2. The molecular weight excluding hydrogens is 324 g/mol. The number of nitrogens with zero attached hydrogens (tertiary/aromatic N) is 1. The van der Waals surface area contributed by atoms with Gasteiger partial charge < -0.3 is 14.6 Å². The van der Waals surface area contributed by atoms with Crippen molar-refractivity contribution in [3.63, 3.8) is 0 Å². The Bertz CT molecular complexity index is 867. The number of aromatic nitrogens is 1. The van der Waals surface area contributed by atoms with Crippen LogP contribution in [0.4, 0.5) is 0 Å². The lowest BCUT2D eigenvalue weighted by Crippen LogP contribution is -2.30. The minimum atomic E-state index is -0.274. The number of ether oxygens (including phenoxy) is 1. The number of hydrogen-bond acceptors (Lipinski definition) is 2. The number of nitrogens with one attached hydrogen (secondary N) is 1. The molecule has 0 saturated heterocycles. The van der Waals surface area contributed by atoms with Crippen molar-refractivity contribution in [3.8, 4) is 5.75 Å². The summed E-state index contributed by atoms with van der Waals surface area (Å²) < 4.78 is 7.32. The van der Waals surface area contributed by atoms with E-state index in [1.54, 1.807) is 7.11 Å². The molecule has 1 N–H and O–H groups in total. The molecule has 0 bridgehead atoms. The van der Waals surface area contributed by atoms with E-state index < -0.39 is 0 Å². The SMILES string of the molecule is C=CCn1cccc1C(NC(=O)c1ccccc1)c1ccc(OC)cc1. The number of rotatable bonds is 7. The fraction of sp³-hybridized carbons (Fsp3) is 0.136. The first-order chi connectivity index (χ1) is 12.7. The molecule has 1 heterocycles. The number of allylic oxidation sites excluding steroid dienone is 1. The molecule has 1 amide bonds. The van der Waals surface area contributed by atoms with Gasteiger partial charge in [0.15, 0.2) is 0 Å². The topological polar surface area (TPSA) is 43.3 Å². The molecule has 3 rings (SSSR count). The number of amides is 1. The molecule has 0 radical (unpaired) electrons. The summed E-state index contributed by atoms with van der Waals surface area (Å²) in [6.45, 7) is 4.49. The maximum Gasteiger partial charge on any atom is 0.252 e. The van der Waals surface area contributed by atoms with Crippen molar-refractivity contribution in [1.82, 2.24) is 9.88 Å². The maximum absolute atomic E-state index is 12.8. The van der Waals surface area contributed by atoms with Crippen molar-refractivity contribution in [2.75, 3.05) is 7.11 Å². The number of methoxy groups -OCH3 is 1. The molecule has 132 valence electrons.